The van der Waals surface area contributed by atoms with E-state index < -0.39 is 0 Å². The third kappa shape index (κ3) is 3.48. The van der Waals surface area contributed by atoms with Gasteiger partial charge in [0.2, 0.25) is 0 Å². The first-order valence-electron chi connectivity index (χ1n) is 7.47. The molecule has 1 aromatic carbocycles. The molecule has 1 N–H and O–H groups in total. The van der Waals surface area contributed by atoms with Crippen LogP contribution in [0.4, 0.5) is 0 Å². The van der Waals surface area contributed by atoms with E-state index in [-0.39, 0.29) is 5.91 Å². The Kier molecular flexibility index (Phi) is 4.24. The maximum atomic E-state index is 12.3. The van der Waals surface area contributed by atoms with Gasteiger partial charge in [-0.1, -0.05) is 17.7 Å². The number of nitrogens with zero attached hydrogens (tertiary/aromatic N) is 1. The maximum Gasteiger partial charge on any atom is 0.251 e. The zero-order chi connectivity index (χ0) is 16.2. The Morgan fingerprint density at radius 3 is 2.78 bits per heavy atom. The number of amides is 1. The molecule has 0 bridgehead atoms. The SMILES string of the molecule is Cc1ccc(C(=O)NCc2cncc(-c3ccco3)c2)c(C)c1. The molecule has 3 rings (SSSR count). The minimum absolute atomic E-state index is 0.0779. The third-order valence-electron chi connectivity index (χ3n) is 3.68. The zero-order valence-electron chi connectivity index (χ0n) is 13.2. The molecule has 1 amide bonds. The summed E-state index contributed by atoms with van der Waals surface area (Å²) in [6.07, 6.45) is 5.12. The topological polar surface area (TPSA) is 55.1 Å². The highest BCUT2D eigenvalue weighted by molar-refractivity contribution is 5.95. The first kappa shape index (κ1) is 15.0. The number of aryl methyl sites for hydroxylation is 2. The molecule has 4 heteroatoms. The van der Waals surface area contributed by atoms with Crippen molar-refractivity contribution < 1.29 is 9.21 Å². The van der Waals surface area contributed by atoms with Crippen molar-refractivity contribution in [2.24, 2.45) is 0 Å². The van der Waals surface area contributed by atoms with E-state index in [0.29, 0.717) is 12.1 Å². The van der Waals surface area contributed by atoms with Gasteiger partial charge in [-0.05, 0) is 49.2 Å². The predicted molar refractivity (Wildman–Crippen MR) is 89.0 cm³/mol. The number of aromatic nitrogens is 1. The van der Waals surface area contributed by atoms with Crippen LogP contribution in [-0.2, 0) is 6.54 Å². The Hall–Kier alpha value is -2.88. The fraction of sp³-hybridized carbons (Fsp3) is 0.158. The van der Waals surface area contributed by atoms with Gasteiger partial charge in [-0.2, -0.15) is 0 Å². The minimum atomic E-state index is -0.0779. The van der Waals surface area contributed by atoms with Crippen molar-refractivity contribution in [1.82, 2.24) is 10.3 Å². The lowest BCUT2D eigenvalue weighted by atomic mass is 10.1. The highest BCUT2D eigenvalue weighted by Gasteiger charge is 2.09. The Labute approximate surface area is 135 Å². The standard InChI is InChI=1S/C19H18N2O2/c1-13-5-6-17(14(2)8-13)19(22)21-11-15-9-16(12-20-10-15)18-4-3-7-23-18/h3-10,12H,11H2,1-2H3,(H,21,22). The molecule has 2 heterocycles. The smallest absolute Gasteiger partial charge is 0.251 e. The molecule has 4 nitrogen and oxygen atoms in total. The monoisotopic (exact) mass is 306 g/mol. The first-order chi connectivity index (χ1) is 11.1. The molecular weight excluding hydrogens is 288 g/mol. The predicted octanol–water partition coefficient (Wildman–Crippen LogP) is 3.89. The average Bonchev–Trinajstić information content (AvgIpc) is 3.07. The minimum Gasteiger partial charge on any atom is -0.464 e. The van der Waals surface area contributed by atoms with Crippen molar-refractivity contribution in [2.75, 3.05) is 0 Å². The largest absolute Gasteiger partial charge is 0.464 e. The van der Waals surface area contributed by atoms with E-state index in [9.17, 15) is 4.79 Å². The lowest BCUT2D eigenvalue weighted by Gasteiger charge is -2.09. The summed E-state index contributed by atoms with van der Waals surface area (Å²) in [6.45, 7) is 4.38. The number of carbonyl (C=O) groups excluding carboxylic acids is 1. The molecule has 0 radical (unpaired) electrons. The number of hydrogen-bond acceptors (Lipinski definition) is 3. The molecule has 0 spiro atoms. The quantitative estimate of drug-likeness (QED) is 0.795. The van der Waals surface area contributed by atoms with Crippen LogP contribution in [0, 0.1) is 13.8 Å². The van der Waals surface area contributed by atoms with Gasteiger partial charge < -0.3 is 9.73 Å². The molecule has 23 heavy (non-hydrogen) atoms. The fourth-order valence-corrected chi connectivity index (χ4v) is 2.51. The zero-order valence-corrected chi connectivity index (χ0v) is 13.2. The van der Waals surface area contributed by atoms with Crippen LogP contribution in [0.1, 0.15) is 27.0 Å². The van der Waals surface area contributed by atoms with Crippen molar-refractivity contribution in [3.05, 3.63) is 77.3 Å². The van der Waals surface area contributed by atoms with Gasteiger partial charge in [0, 0.05) is 30.1 Å². The lowest BCUT2D eigenvalue weighted by Crippen LogP contribution is -2.23. The normalized spacial score (nSPS) is 10.5. The molecule has 0 atom stereocenters. The van der Waals surface area contributed by atoms with Gasteiger partial charge in [0.15, 0.2) is 0 Å². The van der Waals surface area contributed by atoms with Crippen LogP contribution in [0.2, 0.25) is 0 Å². The van der Waals surface area contributed by atoms with Crippen molar-refractivity contribution in [3.63, 3.8) is 0 Å². The van der Waals surface area contributed by atoms with Crippen molar-refractivity contribution >= 4 is 5.91 Å². The van der Waals surface area contributed by atoms with Gasteiger partial charge in [0.1, 0.15) is 5.76 Å². The van der Waals surface area contributed by atoms with Crippen LogP contribution in [0.5, 0.6) is 0 Å². The number of carbonyl (C=O) groups is 1. The average molecular weight is 306 g/mol. The second-order valence-electron chi connectivity index (χ2n) is 5.56. The molecule has 0 unspecified atom stereocenters. The van der Waals surface area contributed by atoms with Crippen LogP contribution >= 0.6 is 0 Å². The molecule has 0 saturated carbocycles. The van der Waals surface area contributed by atoms with Crippen LogP contribution < -0.4 is 5.32 Å². The summed E-state index contributed by atoms with van der Waals surface area (Å²) >= 11 is 0. The molecule has 0 fully saturated rings. The second kappa shape index (κ2) is 6.48. The summed E-state index contributed by atoms with van der Waals surface area (Å²) in [5, 5.41) is 2.94. The van der Waals surface area contributed by atoms with E-state index >= 15 is 0 Å². The van der Waals surface area contributed by atoms with Gasteiger partial charge in [0.05, 0.1) is 6.26 Å². The summed E-state index contributed by atoms with van der Waals surface area (Å²) in [6, 6.07) is 11.5. The highest BCUT2D eigenvalue weighted by Crippen LogP contribution is 2.19. The van der Waals surface area contributed by atoms with Crippen molar-refractivity contribution in [2.45, 2.75) is 20.4 Å². The molecule has 0 aliphatic carbocycles. The Morgan fingerprint density at radius 2 is 2.04 bits per heavy atom. The number of benzene rings is 1. The van der Waals surface area contributed by atoms with Crippen LogP contribution in [0.3, 0.4) is 0 Å². The van der Waals surface area contributed by atoms with Gasteiger partial charge in [0.25, 0.3) is 5.91 Å². The van der Waals surface area contributed by atoms with Gasteiger partial charge in [-0.15, -0.1) is 0 Å². The maximum absolute atomic E-state index is 12.3. The fourth-order valence-electron chi connectivity index (χ4n) is 2.51. The van der Waals surface area contributed by atoms with E-state index in [1.54, 1.807) is 18.7 Å². The first-order valence-corrected chi connectivity index (χ1v) is 7.47. The second-order valence-corrected chi connectivity index (χ2v) is 5.56. The molecule has 0 aliphatic heterocycles. The van der Waals surface area contributed by atoms with Gasteiger partial charge in [-0.3, -0.25) is 9.78 Å². The number of pyridine rings is 1. The van der Waals surface area contributed by atoms with E-state index in [0.717, 1.165) is 28.0 Å². The van der Waals surface area contributed by atoms with E-state index in [1.165, 1.54) is 0 Å². The van der Waals surface area contributed by atoms with E-state index in [1.807, 2.05) is 50.2 Å². The summed E-state index contributed by atoms with van der Waals surface area (Å²) < 4.78 is 5.37. The van der Waals surface area contributed by atoms with Crippen molar-refractivity contribution in [3.8, 4) is 11.3 Å². The molecule has 3 aromatic rings. The van der Waals surface area contributed by atoms with Gasteiger partial charge in [-0.25, -0.2) is 0 Å². The van der Waals surface area contributed by atoms with Crippen molar-refractivity contribution in [1.29, 1.82) is 0 Å². The molecule has 116 valence electrons. The summed E-state index contributed by atoms with van der Waals surface area (Å²) in [5.41, 5.74) is 4.65. The van der Waals surface area contributed by atoms with Crippen LogP contribution in [-0.4, -0.2) is 10.9 Å². The number of rotatable bonds is 4. The Morgan fingerprint density at radius 1 is 1.17 bits per heavy atom. The summed E-state index contributed by atoms with van der Waals surface area (Å²) in [5.74, 6) is 0.686. The van der Waals surface area contributed by atoms with Gasteiger partial charge >= 0.3 is 0 Å². The highest BCUT2D eigenvalue weighted by atomic mass is 16.3. The molecule has 0 saturated heterocycles. The molecule has 2 aromatic heterocycles. The molecule has 0 aliphatic rings. The lowest BCUT2D eigenvalue weighted by molar-refractivity contribution is 0.0950. The summed E-state index contributed by atoms with van der Waals surface area (Å²) in [4.78, 5) is 16.5. The Bertz CT molecular complexity index is 823. The molecular formula is C19H18N2O2. The Balaban J connectivity index is 1.71. The van der Waals surface area contributed by atoms with Crippen LogP contribution in [0.25, 0.3) is 11.3 Å². The number of nitrogens with one attached hydrogen (secondary N) is 1. The van der Waals surface area contributed by atoms with E-state index in [4.69, 9.17) is 4.42 Å². The third-order valence-corrected chi connectivity index (χ3v) is 3.68. The van der Waals surface area contributed by atoms with Crippen LogP contribution in [0.15, 0.2) is 59.5 Å². The number of furan rings is 1. The van der Waals surface area contributed by atoms with E-state index in [2.05, 4.69) is 10.3 Å². The summed E-state index contributed by atoms with van der Waals surface area (Å²) in [7, 11) is 0. The number of hydrogen-bond donors (Lipinski definition) is 1.